The second kappa shape index (κ2) is 8.90. The van der Waals surface area contributed by atoms with Crippen LogP contribution >= 0.6 is 0 Å². The highest BCUT2D eigenvalue weighted by molar-refractivity contribution is 7.89. The molecule has 7 nitrogen and oxygen atoms in total. The number of nitrogens with two attached hydrogens (primary N) is 1. The molecule has 0 atom stereocenters. The van der Waals surface area contributed by atoms with Crippen molar-refractivity contribution in [1.82, 2.24) is 14.4 Å². The van der Waals surface area contributed by atoms with Gasteiger partial charge in [0, 0.05) is 30.8 Å². The van der Waals surface area contributed by atoms with Gasteiger partial charge >= 0.3 is 0 Å². The van der Waals surface area contributed by atoms with E-state index in [-0.39, 0.29) is 4.90 Å². The van der Waals surface area contributed by atoms with Crippen molar-refractivity contribution >= 4 is 10.0 Å². The molecule has 1 fully saturated rings. The van der Waals surface area contributed by atoms with E-state index in [9.17, 15) is 8.42 Å². The molecule has 1 saturated heterocycles. The van der Waals surface area contributed by atoms with Crippen molar-refractivity contribution in [1.29, 1.82) is 0 Å². The van der Waals surface area contributed by atoms with Gasteiger partial charge in [-0.3, -0.25) is 0 Å². The van der Waals surface area contributed by atoms with Crippen molar-refractivity contribution < 1.29 is 12.9 Å². The van der Waals surface area contributed by atoms with E-state index in [4.69, 9.17) is 10.3 Å². The predicted molar refractivity (Wildman–Crippen MR) is 126 cm³/mol. The quantitative estimate of drug-likeness (QED) is 0.460. The lowest BCUT2D eigenvalue weighted by Gasteiger charge is -2.15. The first kappa shape index (κ1) is 21.5. The molecule has 5 rings (SSSR count). The lowest BCUT2D eigenvalue weighted by atomic mass is 10.0. The van der Waals surface area contributed by atoms with E-state index < -0.39 is 10.0 Å². The van der Waals surface area contributed by atoms with Gasteiger partial charge in [0.2, 0.25) is 15.8 Å². The molecule has 2 N–H and O–H groups in total. The lowest BCUT2D eigenvalue weighted by Crippen LogP contribution is -2.27. The fraction of sp³-hybridized carbons (Fsp3) is 0.200. The highest BCUT2D eigenvalue weighted by atomic mass is 32.2. The summed E-state index contributed by atoms with van der Waals surface area (Å²) >= 11 is 0. The molecular weight excluding hydrogens is 436 g/mol. The van der Waals surface area contributed by atoms with Crippen LogP contribution in [0.4, 0.5) is 0 Å². The fourth-order valence-corrected chi connectivity index (χ4v) is 5.49. The molecule has 8 heteroatoms. The van der Waals surface area contributed by atoms with Gasteiger partial charge in [0.25, 0.3) is 5.89 Å². The van der Waals surface area contributed by atoms with Crippen LogP contribution in [0.3, 0.4) is 0 Å². The van der Waals surface area contributed by atoms with Gasteiger partial charge in [-0.25, -0.2) is 8.42 Å². The maximum absolute atomic E-state index is 12.7. The average molecular weight is 461 g/mol. The highest BCUT2D eigenvalue weighted by Gasteiger charge is 2.27. The Balaban J connectivity index is 1.38. The van der Waals surface area contributed by atoms with Crippen LogP contribution in [0.1, 0.15) is 18.4 Å². The van der Waals surface area contributed by atoms with Gasteiger partial charge in [-0.05, 0) is 65.9 Å². The fourth-order valence-electron chi connectivity index (χ4n) is 3.98. The summed E-state index contributed by atoms with van der Waals surface area (Å²) in [5.41, 5.74) is 10.4. The van der Waals surface area contributed by atoms with Gasteiger partial charge in [0.1, 0.15) is 0 Å². The highest BCUT2D eigenvalue weighted by Crippen LogP contribution is 2.28. The SMILES string of the molecule is NCc1ccc(-c2cccc(-c3nc(-c4ccc(S(=O)(=O)N5CCCC5)cc4)no3)c2)cc1. The van der Waals surface area contributed by atoms with Crippen LogP contribution in [-0.4, -0.2) is 36.0 Å². The second-order valence-electron chi connectivity index (χ2n) is 8.04. The van der Waals surface area contributed by atoms with Crippen LogP contribution in [0.25, 0.3) is 34.0 Å². The molecule has 0 bridgehead atoms. The third-order valence-electron chi connectivity index (χ3n) is 5.87. The van der Waals surface area contributed by atoms with Crippen molar-refractivity contribution in [3.63, 3.8) is 0 Å². The molecule has 1 aliphatic heterocycles. The molecule has 4 aromatic rings. The zero-order chi connectivity index (χ0) is 22.8. The van der Waals surface area contributed by atoms with E-state index in [1.807, 2.05) is 48.5 Å². The zero-order valence-corrected chi connectivity index (χ0v) is 18.8. The number of rotatable bonds is 6. The molecule has 3 aromatic carbocycles. The summed E-state index contributed by atoms with van der Waals surface area (Å²) in [5.74, 6) is 0.812. The minimum atomic E-state index is -3.45. The van der Waals surface area contributed by atoms with Crippen molar-refractivity contribution in [2.45, 2.75) is 24.3 Å². The van der Waals surface area contributed by atoms with E-state index in [1.54, 1.807) is 24.3 Å². The smallest absolute Gasteiger partial charge is 0.258 e. The third-order valence-corrected chi connectivity index (χ3v) is 7.79. The Labute approximate surface area is 192 Å². The number of benzene rings is 3. The normalized spacial score (nSPS) is 14.6. The Morgan fingerprint density at radius 3 is 2.21 bits per heavy atom. The molecule has 0 unspecified atom stereocenters. The Kier molecular flexibility index (Phi) is 5.80. The average Bonchev–Trinajstić information content (AvgIpc) is 3.58. The molecule has 0 aliphatic carbocycles. The molecule has 1 aliphatic rings. The molecule has 0 radical (unpaired) electrons. The molecule has 1 aromatic heterocycles. The van der Waals surface area contributed by atoms with Crippen molar-refractivity contribution in [3.8, 4) is 34.0 Å². The van der Waals surface area contributed by atoms with Gasteiger partial charge in [-0.1, -0.05) is 41.6 Å². The van der Waals surface area contributed by atoms with Gasteiger partial charge in [0.05, 0.1) is 4.90 Å². The van der Waals surface area contributed by atoms with Crippen LogP contribution in [0.5, 0.6) is 0 Å². The number of nitrogens with zero attached hydrogens (tertiary/aromatic N) is 3. The zero-order valence-electron chi connectivity index (χ0n) is 18.0. The minimum Gasteiger partial charge on any atom is -0.334 e. The van der Waals surface area contributed by atoms with Crippen LogP contribution < -0.4 is 5.73 Å². The first-order chi connectivity index (χ1) is 16.0. The summed E-state index contributed by atoms with van der Waals surface area (Å²) in [6.07, 6.45) is 1.81. The van der Waals surface area contributed by atoms with E-state index >= 15 is 0 Å². The summed E-state index contributed by atoms with van der Waals surface area (Å²) in [6, 6.07) is 22.6. The Morgan fingerprint density at radius 2 is 1.52 bits per heavy atom. The number of aromatic nitrogens is 2. The monoisotopic (exact) mass is 460 g/mol. The van der Waals surface area contributed by atoms with E-state index in [0.29, 0.717) is 36.9 Å². The molecule has 33 heavy (non-hydrogen) atoms. The van der Waals surface area contributed by atoms with E-state index in [1.165, 1.54) is 4.31 Å². The van der Waals surface area contributed by atoms with Gasteiger partial charge in [-0.15, -0.1) is 0 Å². The van der Waals surface area contributed by atoms with Crippen molar-refractivity contribution in [3.05, 3.63) is 78.4 Å². The first-order valence-corrected chi connectivity index (χ1v) is 12.3. The maximum Gasteiger partial charge on any atom is 0.258 e. The van der Waals surface area contributed by atoms with Crippen LogP contribution in [-0.2, 0) is 16.6 Å². The topological polar surface area (TPSA) is 102 Å². The minimum absolute atomic E-state index is 0.283. The Morgan fingerprint density at radius 1 is 0.848 bits per heavy atom. The predicted octanol–water partition coefficient (Wildman–Crippen LogP) is 4.31. The first-order valence-electron chi connectivity index (χ1n) is 10.9. The van der Waals surface area contributed by atoms with Gasteiger partial charge in [-0.2, -0.15) is 9.29 Å². The Bertz CT molecular complexity index is 1360. The Hall–Kier alpha value is -3.33. The van der Waals surface area contributed by atoms with Gasteiger partial charge < -0.3 is 10.3 Å². The molecule has 0 spiro atoms. The molecule has 0 amide bonds. The second-order valence-corrected chi connectivity index (χ2v) is 9.98. The number of hydrogen-bond donors (Lipinski definition) is 1. The standard InChI is InChI=1S/C25H24N4O3S/c26-17-18-6-8-19(9-7-18)21-4-3-5-22(16-21)25-27-24(28-32-25)20-10-12-23(13-11-20)33(30,31)29-14-1-2-15-29/h3-13,16H,1-2,14-15,17,26H2. The molecule has 0 saturated carbocycles. The van der Waals surface area contributed by atoms with Gasteiger partial charge in [0.15, 0.2) is 0 Å². The van der Waals surface area contributed by atoms with Crippen molar-refractivity contribution in [2.75, 3.05) is 13.1 Å². The van der Waals surface area contributed by atoms with Crippen molar-refractivity contribution in [2.24, 2.45) is 5.73 Å². The van der Waals surface area contributed by atoms with E-state index in [2.05, 4.69) is 10.1 Å². The summed E-state index contributed by atoms with van der Waals surface area (Å²) in [7, 11) is -3.45. The summed E-state index contributed by atoms with van der Waals surface area (Å²) < 4.78 is 32.5. The summed E-state index contributed by atoms with van der Waals surface area (Å²) in [6.45, 7) is 1.67. The molecule has 2 heterocycles. The van der Waals surface area contributed by atoms with Crippen LogP contribution in [0.15, 0.2) is 82.2 Å². The number of hydrogen-bond acceptors (Lipinski definition) is 6. The van der Waals surface area contributed by atoms with Crippen LogP contribution in [0, 0.1) is 0 Å². The number of sulfonamides is 1. The lowest BCUT2D eigenvalue weighted by molar-refractivity contribution is 0.432. The third kappa shape index (κ3) is 4.32. The van der Waals surface area contributed by atoms with Crippen LogP contribution in [0.2, 0.25) is 0 Å². The summed E-state index contributed by atoms with van der Waals surface area (Å²) in [4.78, 5) is 4.81. The van der Waals surface area contributed by atoms with E-state index in [0.717, 1.165) is 35.1 Å². The largest absolute Gasteiger partial charge is 0.334 e. The molecular formula is C25H24N4O3S. The summed E-state index contributed by atoms with van der Waals surface area (Å²) in [5, 5.41) is 4.10. The molecule has 168 valence electrons. The maximum atomic E-state index is 12.7.